The molecule has 2 aromatic carbocycles. The fourth-order valence-corrected chi connectivity index (χ4v) is 4.47. The number of nitrogens with zero attached hydrogens (tertiary/aromatic N) is 1. The Kier molecular flexibility index (Phi) is 7.65. The average Bonchev–Trinajstić information content (AvgIpc) is 3.21. The van der Waals surface area contributed by atoms with Crippen molar-refractivity contribution in [3.05, 3.63) is 76.5 Å². The maximum atomic E-state index is 12.7. The minimum absolute atomic E-state index is 0.0982. The summed E-state index contributed by atoms with van der Waals surface area (Å²) in [6, 6.07) is 16.6. The van der Waals surface area contributed by atoms with Gasteiger partial charge in [-0.05, 0) is 49.2 Å². The largest absolute Gasteiger partial charge is 0.455 e. The number of benzene rings is 2. The zero-order valence-electron chi connectivity index (χ0n) is 17.9. The van der Waals surface area contributed by atoms with Crippen molar-refractivity contribution >= 4 is 38.1 Å². The molecular weight excluding hydrogens is 494 g/mol. The van der Waals surface area contributed by atoms with Gasteiger partial charge >= 0.3 is 0 Å². The molecule has 3 aromatic rings. The van der Waals surface area contributed by atoms with Crippen LogP contribution in [0.2, 0.25) is 0 Å². The van der Waals surface area contributed by atoms with Crippen LogP contribution in [0.4, 0.5) is 0 Å². The van der Waals surface area contributed by atoms with Gasteiger partial charge in [0.05, 0.1) is 11.1 Å². The second-order valence-electron chi connectivity index (χ2n) is 7.60. The first-order valence-corrected chi connectivity index (χ1v) is 12.2. The number of sulfonamides is 1. The van der Waals surface area contributed by atoms with Crippen LogP contribution in [0.3, 0.4) is 0 Å². The zero-order valence-corrected chi connectivity index (χ0v) is 20.3. The van der Waals surface area contributed by atoms with Crippen molar-refractivity contribution in [1.29, 1.82) is 0 Å². The Bertz CT molecular complexity index is 1200. The summed E-state index contributed by atoms with van der Waals surface area (Å²) in [6.45, 7) is 5.37. The molecule has 0 unspecified atom stereocenters. The Hall–Kier alpha value is -2.75. The van der Waals surface area contributed by atoms with Crippen molar-refractivity contribution in [1.82, 2.24) is 10.1 Å². The third kappa shape index (κ3) is 6.15. The van der Waals surface area contributed by atoms with E-state index in [1.807, 2.05) is 31.2 Å². The second-order valence-corrected chi connectivity index (χ2v) is 10.2. The summed E-state index contributed by atoms with van der Waals surface area (Å²) in [7, 11) is -3.86. The number of aryl methyl sites for hydroxylation is 1. The van der Waals surface area contributed by atoms with Gasteiger partial charge in [-0.1, -0.05) is 59.6 Å². The van der Waals surface area contributed by atoms with Crippen LogP contribution in [0.5, 0.6) is 0 Å². The van der Waals surface area contributed by atoms with Crippen LogP contribution < -0.4 is 10.1 Å². The second kappa shape index (κ2) is 10.2. The molecule has 0 spiro atoms. The van der Waals surface area contributed by atoms with Crippen molar-refractivity contribution in [2.24, 2.45) is 11.0 Å². The van der Waals surface area contributed by atoms with Gasteiger partial charge < -0.3 is 4.42 Å². The highest BCUT2D eigenvalue weighted by Crippen LogP contribution is 2.23. The minimum Gasteiger partial charge on any atom is -0.455 e. The van der Waals surface area contributed by atoms with Crippen molar-refractivity contribution in [3.8, 4) is 11.3 Å². The van der Waals surface area contributed by atoms with Gasteiger partial charge in [-0.25, -0.2) is 13.8 Å². The van der Waals surface area contributed by atoms with Gasteiger partial charge in [-0.3, -0.25) is 4.79 Å². The summed E-state index contributed by atoms with van der Waals surface area (Å²) in [6.07, 6.45) is 1.37. The lowest BCUT2D eigenvalue weighted by molar-refractivity contribution is -0.123. The van der Waals surface area contributed by atoms with Gasteiger partial charge in [0, 0.05) is 10.0 Å². The van der Waals surface area contributed by atoms with Crippen molar-refractivity contribution in [2.75, 3.05) is 0 Å². The molecule has 0 saturated heterocycles. The lowest BCUT2D eigenvalue weighted by Gasteiger charge is -2.20. The predicted octanol–water partition coefficient (Wildman–Crippen LogP) is 4.47. The Morgan fingerprint density at radius 1 is 1.03 bits per heavy atom. The molecule has 1 aromatic heterocycles. The molecule has 7 nitrogen and oxygen atoms in total. The van der Waals surface area contributed by atoms with E-state index in [9.17, 15) is 13.2 Å². The smallest absolute Gasteiger partial charge is 0.258 e. The quantitative estimate of drug-likeness (QED) is 0.340. The number of hydrazone groups is 1. The van der Waals surface area contributed by atoms with E-state index in [1.165, 1.54) is 18.3 Å². The van der Waals surface area contributed by atoms with E-state index >= 15 is 0 Å². The van der Waals surface area contributed by atoms with E-state index in [0.717, 1.165) is 15.6 Å². The molecule has 0 aliphatic rings. The Balaban J connectivity index is 1.65. The van der Waals surface area contributed by atoms with E-state index in [-0.39, 0.29) is 10.8 Å². The number of nitrogens with one attached hydrogen (secondary N) is 2. The molecule has 32 heavy (non-hydrogen) atoms. The lowest BCUT2D eigenvalue weighted by atomic mass is 10.1. The molecule has 0 saturated carbocycles. The number of hydrogen-bond donors (Lipinski definition) is 2. The predicted molar refractivity (Wildman–Crippen MR) is 128 cm³/mol. The van der Waals surface area contributed by atoms with Crippen LogP contribution >= 0.6 is 15.9 Å². The molecule has 2 N–H and O–H groups in total. The molecule has 9 heteroatoms. The first-order valence-electron chi connectivity index (χ1n) is 9.93. The van der Waals surface area contributed by atoms with E-state index in [4.69, 9.17) is 4.42 Å². The molecule has 0 fully saturated rings. The molecule has 1 amide bonds. The van der Waals surface area contributed by atoms with Gasteiger partial charge in [-0.2, -0.15) is 9.82 Å². The summed E-state index contributed by atoms with van der Waals surface area (Å²) >= 11 is 3.39. The topological polar surface area (TPSA) is 101 Å². The van der Waals surface area contributed by atoms with E-state index < -0.39 is 22.0 Å². The number of amides is 1. The van der Waals surface area contributed by atoms with E-state index in [1.54, 1.807) is 38.1 Å². The molecule has 1 heterocycles. The van der Waals surface area contributed by atoms with Crippen molar-refractivity contribution in [3.63, 3.8) is 0 Å². The standard InChI is InChI=1S/C23H24BrN3O4S/c1-15(2)22(27-32(29,30)20-11-4-16(3)5-12-20)23(28)26-25-14-19-10-13-21(31-19)17-6-8-18(24)9-7-17/h4-15,22,27H,1-3H3,(H,26,28)/b25-14-/t22-/m0/s1. The number of hydrogen-bond acceptors (Lipinski definition) is 5. The fourth-order valence-electron chi connectivity index (χ4n) is 2.87. The molecule has 3 rings (SSSR count). The van der Waals surface area contributed by atoms with Crippen LogP contribution in [0, 0.1) is 12.8 Å². The van der Waals surface area contributed by atoms with E-state index in [0.29, 0.717) is 11.5 Å². The molecule has 0 aliphatic carbocycles. The van der Waals surface area contributed by atoms with Crippen LogP contribution in [0.1, 0.15) is 25.2 Å². The highest BCUT2D eigenvalue weighted by atomic mass is 79.9. The van der Waals surface area contributed by atoms with Crippen LogP contribution in [-0.2, 0) is 14.8 Å². The number of carbonyl (C=O) groups excluding carboxylic acids is 1. The SMILES string of the molecule is Cc1ccc(S(=O)(=O)N[C@H](C(=O)N/N=C\c2ccc(-c3ccc(Br)cc3)o2)C(C)C)cc1. The molecule has 0 aliphatic heterocycles. The third-order valence-electron chi connectivity index (χ3n) is 4.68. The summed E-state index contributed by atoms with van der Waals surface area (Å²) in [5, 5.41) is 3.92. The number of halogens is 1. The summed E-state index contributed by atoms with van der Waals surface area (Å²) in [5.74, 6) is 0.255. The summed E-state index contributed by atoms with van der Waals surface area (Å²) in [4.78, 5) is 12.7. The first kappa shape index (κ1) is 23.9. The Morgan fingerprint density at radius 3 is 2.31 bits per heavy atom. The lowest BCUT2D eigenvalue weighted by Crippen LogP contribution is -2.48. The van der Waals surface area contributed by atoms with Gasteiger partial charge in [0.2, 0.25) is 10.0 Å². The first-order chi connectivity index (χ1) is 15.2. The summed E-state index contributed by atoms with van der Waals surface area (Å²) < 4.78 is 34.5. The van der Waals surface area contributed by atoms with E-state index in [2.05, 4.69) is 31.2 Å². The number of rotatable bonds is 8. The monoisotopic (exact) mass is 517 g/mol. The molecule has 0 bridgehead atoms. The fraction of sp³-hybridized carbons (Fsp3) is 0.217. The molecule has 0 radical (unpaired) electrons. The van der Waals surface area contributed by atoms with Gasteiger partial charge in [0.1, 0.15) is 17.6 Å². The molecular formula is C23H24BrN3O4S. The van der Waals surface area contributed by atoms with Crippen molar-refractivity contribution < 1.29 is 17.6 Å². The normalized spacial score (nSPS) is 12.9. The highest BCUT2D eigenvalue weighted by molar-refractivity contribution is 9.10. The molecule has 168 valence electrons. The van der Waals surface area contributed by atoms with Gasteiger partial charge in [0.25, 0.3) is 5.91 Å². The van der Waals surface area contributed by atoms with Crippen LogP contribution in [-0.4, -0.2) is 26.6 Å². The average molecular weight is 518 g/mol. The number of carbonyl (C=O) groups is 1. The van der Waals surface area contributed by atoms with Crippen LogP contribution in [0.25, 0.3) is 11.3 Å². The highest BCUT2D eigenvalue weighted by Gasteiger charge is 2.28. The third-order valence-corrected chi connectivity index (χ3v) is 6.67. The maximum Gasteiger partial charge on any atom is 0.258 e. The number of furan rings is 1. The Labute approximate surface area is 196 Å². The van der Waals surface area contributed by atoms with Crippen LogP contribution in [0.15, 0.2) is 79.6 Å². The van der Waals surface area contributed by atoms with Gasteiger partial charge in [0.15, 0.2) is 0 Å². The maximum absolute atomic E-state index is 12.7. The molecule has 1 atom stereocenters. The minimum atomic E-state index is -3.86. The zero-order chi connectivity index (χ0) is 23.3. The summed E-state index contributed by atoms with van der Waals surface area (Å²) in [5.41, 5.74) is 4.24. The van der Waals surface area contributed by atoms with Crippen molar-refractivity contribution in [2.45, 2.75) is 31.7 Å². The Morgan fingerprint density at radius 2 is 1.69 bits per heavy atom. The van der Waals surface area contributed by atoms with Gasteiger partial charge in [-0.15, -0.1) is 0 Å².